The summed E-state index contributed by atoms with van der Waals surface area (Å²) in [5.74, 6) is 2.03. The minimum absolute atomic E-state index is 0.301. The Hall–Kier alpha value is -0.610. The van der Waals surface area contributed by atoms with Gasteiger partial charge in [-0.25, -0.2) is 0 Å². The molecule has 3 atom stereocenters. The van der Waals surface area contributed by atoms with Crippen molar-refractivity contribution >= 4 is 5.91 Å². The predicted octanol–water partition coefficient (Wildman–Crippen LogP) is 0.559. The van der Waals surface area contributed by atoms with Crippen LogP contribution in [-0.2, 0) is 4.79 Å². The number of likely N-dealkylation sites (tertiary alicyclic amines) is 1. The first-order valence-corrected chi connectivity index (χ1v) is 6.90. The predicted molar refractivity (Wildman–Crippen MR) is 68.2 cm³/mol. The second kappa shape index (κ2) is 5.83. The van der Waals surface area contributed by atoms with Gasteiger partial charge < -0.3 is 16.4 Å². The van der Waals surface area contributed by atoms with Gasteiger partial charge in [0.05, 0.1) is 0 Å². The van der Waals surface area contributed by atoms with Crippen LogP contribution in [0.25, 0.3) is 0 Å². The van der Waals surface area contributed by atoms with Crippen LogP contribution in [0.4, 0.5) is 0 Å². The van der Waals surface area contributed by atoms with Crippen LogP contribution in [0.1, 0.15) is 32.1 Å². The standard InChI is InChI=1S/C13H25N3O/c14-6-10-2-1-3-11(4-10)8-16-9-12(7-15)5-13(16)17/h10-12H,1-9,14-15H2/t10-,11+,12?/m0/s1. The molecule has 1 saturated heterocycles. The van der Waals surface area contributed by atoms with Crippen LogP contribution in [0, 0.1) is 17.8 Å². The lowest BCUT2D eigenvalue weighted by Gasteiger charge is -2.31. The topological polar surface area (TPSA) is 72.4 Å². The maximum atomic E-state index is 11.8. The van der Waals surface area contributed by atoms with Gasteiger partial charge in [0.25, 0.3) is 0 Å². The Morgan fingerprint density at radius 2 is 1.82 bits per heavy atom. The molecule has 1 unspecified atom stereocenters. The van der Waals surface area contributed by atoms with Crippen molar-refractivity contribution < 1.29 is 4.79 Å². The molecule has 1 aliphatic heterocycles. The van der Waals surface area contributed by atoms with E-state index in [-0.39, 0.29) is 0 Å². The summed E-state index contributed by atoms with van der Waals surface area (Å²) in [6.45, 7) is 3.25. The maximum Gasteiger partial charge on any atom is 0.222 e. The SMILES string of the molecule is NCC1CC(=O)N(C[C@@H]2CCC[C@H](CN)C2)C1. The molecule has 0 aromatic heterocycles. The first kappa shape index (κ1) is 12.8. The van der Waals surface area contributed by atoms with Crippen molar-refractivity contribution in [3.63, 3.8) is 0 Å². The van der Waals surface area contributed by atoms with Crippen LogP contribution in [-0.4, -0.2) is 37.0 Å². The highest BCUT2D eigenvalue weighted by atomic mass is 16.2. The summed E-state index contributed by atoms with van der Waals surface area (Å²) in [7, 11) is 0. The average Bonchev–Trinajstić information content (AvgIpc) is 2.70. The maximum absolute atomic E-state index is 11.8. The number of nitrogens with two attached hydrogens (primary N) is 2. The molecule has 0 aromatic rings. The third-order valence-corrected chi connectivity index (χ3v) is 4.33. The van der Waals surface area contributed by atoms with Crippen molar-refractivity contribution in [1.82, 2.24) is 4.90 Å². The molecule has 0 bridgehead atoms. The zero-order valence-electron chi connectivity index (χ0n) is 10.6. The van der Waals surface area contributed by atoms with Crippen molar-refractivity contribution in [2.75, 3.05) is 26.2 Å². The third-order valence-electron chi connectivity index (χ3n) is 4.33. The molecule has 1 saturated carbocycles. The third kappa shape index (κ3) is 3.19. The van der Waals surface area contributed by atoms with Crippen molar-refractivity contribution in [3.05, 3.63) is 0 Å². The zero-order valence-corrected chi connectivity index (χ0v) is 10.6. The summed E-state index contributed by atoms with van der Waals surface area (Å²) in [6.07, 6.45) is 5.66. The molecule has 98 valence electrons. The second-order valence-electron chi connectivity index (χ2n) is 5.74. The van der Waals surface area contributed by atoms with E-state index in [1.165, 1.54) is 25.7 Å². The lowest BCUT2D eigenvalue weighted by Crippen LogP contribution is -2.34. The van der Waals surface area contributed by atoms with Crippen molar-refractivity contribution in [2.45, 2.75) is 32.1 Å². The van der Waals surface area contributed by atoms with E-state index in [1.807, 2.05) is 4.90 Å². The van der Waals surface area contributed by atoms with Crippen LogP contribution in [0.15, 0.2) is 0 Å². The number of hydrogen-bond donors (Lipinski definition) is 2. The highest BCUT2D eigenvalue weighted by molar-refractivity contribution is 5.78. The van der Waals surface area contributed by atoms with Gasteiger partial charge in [0.1, 0.15) is 0 Å². The molecule has 1 amide bonds. The van der Waals surface area contributed by atoms with E-state index in [1.54, 1.807) is 0 Å². The fourth-order valence-corrected chi connectivity index (χ4v) is 3.28. The van der Waals surface area contributed by atoms with E-state index in [0.717, 1.165) is 19.6 Å². The molecule has 1 heterocycles. The van der Waals surface area contributed by atoms with Crippen molar-refractivity contribution in [3.8, 4) is 0 Å². The van der Waals surface area contributed by atoms with Gasteiger partial charge in [-0.3, -0.25) is 4.79 Å². The summed E-state index contributed by atoms with van der Waals surface area (Å²) >= 11 is 0. The molecule has 1 aliphatic carbocycles. The fourth-order valence-electron chi connectivity index (χ4n) is 3.28. The van der Waals surface area contributed by atoms with Gasteiger partial charge in [-0.1, -0.05) is 6.42 Å². The summed E-state index contributed by atoms with van der Waals surface area (Å²) in [6, 6.07) is 0. The molecule has 2 rings (SSSR count). The number of carbonyl (C=O) groups is 1. The summed E-state index contributed by atoms with van der Waals surface area (Å²) in [5, 5.41) is 0. The molecular formula is C13H25N3O. The first-order chi connectivity index (χ1) is 8.22. The monoisotopic (exact) mass is 239 g/mol. The van der Waals surface area contributed by atoms with E-state index >= 15 is 0 Å². The molecule has 4 heteroatoms. The Kier molecular flexibility index (Phi) is 4.40. The normalized spacial score (nSPS) is 34.4. The Balaban J connectivity index is 1.82. The second-order valence-corrected chi connectivity index (χ2v) is 5.74. The van der Waals surface area contributed by atoms with Gasteiger partial charge in [-0.05, 0) is 50.1 Å². The van der Waals surface area contributed by atoms with E-state index in [9.17, 15) is 4.79 Å². The number of hydrogen-bond acceptors (Lipinski definition) is 3. The lowest BCUT2D eigenvalue weighted by molar-refractivity contribution is -0.128. The van der Waals surface area contributed by atoms with Crippen LogP contribution in [0.2, 0.25) is 0 Å². The van der Waals surface area contributed by atoms with Crippen LogP contribution in [0.5, 0.6) is 0 Å². The number of amides is 1. The van der Waals surface area contributed by atoms with Crippen molar-refractivity contribution in [2.24, 2.45) is 29.2 Å². The fraction of sp³-hybridized carbons (Fsp3) is 0.923. The number of carbonyl (C=O) groups excluding carboxylic acids is 1. The van der Waals surface area contributed by atoms with Gasteiger partial charge in [-0.2, -0.15) is 0 Å². The lowest BCUT2D eigenvalue weighted by atomic mass is 9.81. The average molecular weight is 239 g/mol. The van der Waals surface area contributed by atoms with E-state index in [2.05, 4.69) is 0 Å². The van der Waals surface area contributed by atoms with Gasteiger partial charge in [0, 0.05) is 19.5 Å². The quantitative estimate of drug-likeness (QED) is 0.753. The zero-order chi connectivity index (χ0) is 12.3. The Bertz CT molecular complexity index is 269. The van der Waals surface area contributed by atoms with Gasteiger partial charge in [0.2, 0.25) is 5.91 Å². The molecule has 17 heavy (non-hydrogen) atoms. The Morgan fingerprint density at radius 1 is 1.12 bits per heavy atom. The highest BCUT2D eigenvalue weighted by Crippen LogP contribution is 2.30. The van der Waals surface area contributed by atoms with Crippen molar-refractivity contribution in [1.29, 1.82) is 0 Å². The van der Waals surface area contributed by atoms with Gasteiger partial charge in [-0.15, -0.1) is 0 Å². The largest absolute Gasteiger partial charge is 0.342 e. The smallest absolute Gasteiger partial charge is 0.222 e. The number of rotatable bonds is 4. The van der Waals surface area contributed by atoms with Crippen LogP contribution in [0.3, 0.4) is 0 Å². The minimum atomic E-state index is 0.301. The Morgan fingerprint density at radius 3 is 2.47 bits per heavy atom. The van der Waals surface area contributed by atoms with Gasteiger partial charge >= 0.3 is 0 Å². The Labute approximate surface area is 104 Å². The molecule has 0 radical (unpaired) electrons. The van der Waals surface area contributed by atoms with E-state index in [0.29, 0.717) is 36.6 Å². The molecule has 2 fully saturated rings. The molecular weight excluding hydrogens is 214 g/mol. The summed E-state index contributed by atoms with van der Waals surface area (Å²) in [5.41, 5.74) is 11.4. The molecule has 0 aromatic carbocycles. The van der Waals surface area contributed by atoms with Crippen LogP contribution < -0.4 is 11.5 Å². The first-order valence-electron chi connectivity index (χ1n) is 6.90. The van der Waals surface area contributed by atoms with Gasteiger partial charge in [0.15, 0.2) is 0 Å². The van der Waals surface area contributed by atoms with Crippen LogP contribution >= 0.6 is 0 Å². The molecule has 4 N–H and O–H groups in total. The van der Waals surface area contributed by atoms with E-state index < -0.39 is 0 Å². The molecule has 0 spiro atoms. The summed E-state index contributed by atoms with van der Waals surface area (Å²) < 4.78 is 0. The highest BCUT2D eigenvalue weighted by Gasteiger charge is 2.31. The number of nitrogens with zero attached hydrogens (tertiary/aromatic N) is 1. The molecule has 2 aliphatic rings. The molecule has 4 nitrogen and oxygen atoms in total. The summed E-state index contributed by atoms with van der Waals surface area (Å²) in [4.78, 5) is 13.8. The minimum Gasteiger partial charge on any atom is -0.342 e. The van der Waals surface area contributed by atoms with E-state index in [4.69, 9.17) is 11.5 Å².